The fourth-order valence-electron chi connectivity index (χ4n) is 1.46. The van der Waals surface area contributed by atoms with Crippen molar-refractivity contribution in [3.8, 4) is 0 Å². The van der Waals surface area contributed by atoms with Gasteiger partial charge in [0.1, 0.15) is 5.82 Å². The molecule has 0 unspecified atom stereocenters. The minimum absolute atomic E-state index is 0.0279. The van der Waals surface area contributed by atoms with Gasteiger partial charge in [-0.15, -0.1) is 0 Å². The monoisotopic (exact) mass is 210 g/mol. The molecule has 2 nitrogen and oxygen atoms in total. The van der Waals surface area contributed by atoms with Gasteiger partial charge in [0.2, 0.25) is 0 Å². The van der Waals surface area contributed by atoms with Crippen LogP contribution in [-0.2, 0) is 6.42 Å². The lowest BCUT2D eigenvalue weighted by atomic mass is 9.78. The minimum atomic E-state index is -1.54. The smallest absolute Gasteiger partial charge is 0.423 e. The van der Waals surface area contributed by atoms with Crippen molar-refractivity contribution in [1.82, 2.24) is 0 Å². The van der Waals surface area contributed by atoms with Crippen molar-refractivity contribution in [3.05, 3.63) is 29.6 Å². The molecule has 0 aliphatic carbocycles. The van der Waals surface area contributed by atoms with Crippen LogP contribution >= 0.6 is 0 Å². The third kappa shape index (κ3) is 3.65. The predicted molar refractivity (Wildman–Crippen MR) is 59.4 cm³/mol. The number of rotatable bonds is 2. The molecule has 4 heteroatoms. The maximum Gasteiger partial charge on any atom is 0.488 e. The van der Waals surface area contributed by atoms with E-state index in [1.165, 1.54) is 18.2 Å². The molecule has 0 spiro atoms. The van der Waals surface area contributed by atoms with E-state index in [1.807, 2.05) is 20.8 Å². The van der Waals surface area contributed by atoms with Crippen LogP contribution in [0.5, 0.6) is 0 Å². The van der Waals surface area contributed by atoms with E-state index in [4.69, 9.17) is 10.0 Å². The van der Waals surface area contributed by atoms with E-state index in [2.05, 4.69) is 0 Å². The second kappa shape index (κ2) is 4.33. The lowest BCUT2D eigenvalue weighted by molar-refractivity contribution is 0.401. The molecule has 0 aromatic heterocycles. The molecule has 0 bridgehead atoms. The molecule has 82 valence electrons. The van der Waals surface area contributed by atoms with E-state index in [0.29, 0.717) is 17.4 Å². The number of hydrogen-bond donors (Lipinski definition) is 2. The van der Waals surface area contributed by atoms with E-state index in [-0.39, 0.29) is 11.2 Å². The van der Waals surface area contributed by atoms with Crippen molar-refractivity contribution in [2.24, 2.45) is 5.41 Å². The average molecular weight is 210 g/mol. The second-order valence-electron chi connectivity index (χ2n) is 4.96. The summed E-state index contributed by atoms with van der Waals surface area (Å²) in [5, 5.41) is 17.9. The highest BCUT2D eigenvalue weighted by molar-refractivity contribution is 6.58. The zero-order chi connectivity index (χ0) is 11.6. The standard InChI is InChI=1S/C11H16BFO2/c1-11(2,3)7-8-6-9(12(14)15)4-5-10(8)13/h4-6,14-15H,7H2,1-3H3. The molecule has 1 aromatic carbocycles. The molecule has 2 N–H and O–H groups in total. The van der Waals surface area contributed by atoms with Gasteiger partial charge in [-0.25, -0.2) is 4.39 Å². The van der Waals surface area contributed by atoms with Gasteiger partial charge < -0.3 is 10.0 Å². The van der Waals surface area contributed by atoms with Crippen molar-refractivity contribution >= 4 is 12.6 Å². The first-order valence-corrected chi connectivity index (χ1v) is 4.94. The van der Waals surface area contributed by atoms with Gasteiger partial charge in [0, 0.05) is 0 Å². The predicted octanol–water partition coefficient (Wildman–Crippen LogP) is 1.09. The highest BCUT2D eigenvalue weighted by Crippen LogP contribution is 2.21. The van der Waals surface area contributed by atoms with E-state index in [9.17, 15) is 4.39 Å². The molecule has 0 atom stereocenters. The molecule has 0 heterocycles. The zero-order valence-electron chi connectivity index (χ0n) is 9.29. The Labute approximate surface area is 89.9 Å². The largest absolute Gasteiger partial charge is 0.488 e. The summed E-state index contributed by atoms with van der Waals surface area (Å²) in [5.74, 6) is -0.297. The van der Waals surface area contributed by atoms with Gasteiger partial charge in [0.25, 0.3) is 0 Å². The summed E-state index contributed by atoms with van der Waals surface area (Å²) >= 11 is 0. The molecule has 1 rings (SSSR count). The number of hydrogen-bond acceptors (Lipinski definition) is 2. The van der Waals surface area contributed by atoms with Gasteiger partial charge in [-0.05, 0) is 28.9 Å². The maximum atomic E-state index is 13.4. The molecule has 0 aliphatic rings. The lowest BCUT2D eigenvalue weighted by Crippen LogP contribution is -2.30. The minimum Gasteiger partial charge on any atom is -0.423 e. The van der Waals surface area contributed by atoms with Gasteiger partial charge in [0.05, 0.1) is 0 Å². The second-order valence-corrected chi connectivity index (χ2v) is 4.96. The van der Waals surface area contributed by atoms with Crippen LogP contribution in [0.25, 0.3) is 0 Å². The van der Waals surface area contributed by atoms with Gasteiger partial charge in [-0.1, -0.05) is 32.9 Å². The molecule has 0 aliphatic heterocycles. The summed E-state index contributed by atoms with van der Waals surface area (Å²) in [6.45, 7) is 6.03. The first-order valence-electron chi connectivity index (χ1n) is 4.94. The van der Waals surface area contributed by atoms with E-state index in [1.54, 1.807) is 0 Å². The van der Waals surface area contributed by atoms with Crippen LogP contribution in [0.3, 0.4) is 0 Å². The summed E-state index contributed by atoms with van der Waals surface area (Å²) in [7, 11) is -1.54. The molecular formula is C11H16BFO2. The summed E-state index contributed by atoms with van der Waals surface area (Å²) < 4.78 is 13.4. The van der Waals surface area contributed by atoms with Crippen molar-refractivity contribution in [3.63, 3.8) is 0 Å². The molecule has 1 aromatic rings. The molecular weight excluding hydrogens is 194 g/mol. The fraction of sp³-hybridized carbons (Fsp3) is 0.455. The van der Waals surface area contributed by atoms with Crippen molar-refractivity contribution in [2.75, 3.05) is 0 Å². The van der Waals surface area contributed by atoms with Gasteiger partial charge in [-0.3, -0.25) is 0 Å². The van der Waals surface area contributed by atoms with Crippen molar-refractivity contribution < 1.29 is 14.4 Å². The highest BCUT2D eigenvalue weighted by Gasteiger charge is 2.17. The Balaban J connectivity index is 3.01. The molecule has 0 radical (unpaired) electrons. The van der Waals surface area contributed by atoms with E-state index in [0.717, 1.165) is 0 Å². The van der Waals surface area contributed by atoms with Crippen LogP contribution in [0.4, 0.5) is 4.39 Å². The van der Waals surface area contributed by atoms with Crippen LogP contribution in [0, 0.1) is 11.2 Å². The average Bonchev–Trinajstić information content (AvgIpc) is 2.06. The third-order valence-electron chi connectivity index (χ3n) is 2.09. The Morgan fingerprint density at radius 2 is 1.87 bits per heavy atom. The van der Waals surface area contributed by atoms with Crippen LogP contribution in [-0.4, -0.2) is 17.2 Å². The first kappa shape index (κ1) is 12.2. The molecule has 0 saturated heterocycles. The van der Waals surface area contributed by atoms with E-state index >= 15 is 0 Å². The highest BCUT2D eigenvalue weighted by atomic mass is 19.1. The zero-order valence-corrected chi connectivity index (χ0v) is 9.29. The lowest BCUT2D eigenvalue weighted by Gasteiger charge is -2.19. The Kier molecular flexibility index (Phi) is 3.52. The molecule has 0 saturated carbocycles. The van der Waals surface area contributed by atoms with Crippen LogP contribution < -0.4 is 5.46 Å². The summed E-state index contributed by atoms with van der Waals surface area (Å²) in [6.07, 6.45) is 0.569. The maximum absolute atomic E-state index is 13.4. The van der Waals surface area contributed by atoms with Gasteiger partial charge in [0.15, 0.2) is 0 Å². The fourth-order valence-corrected chi connectivity index (χ4v) is 1.46. The molecule has 0 amide bonds. The third-order valence-corrected chi connectivity index (χ3v) is 2.09. The molecule has 0 fully saturated rings. The van der Waals surface area contributed by atoms with Crippen LogP contribution in [0.15, 0.2) is 18.2 Å². The topological polar surface area (TPSA) is 40.5 Å². The Morgan fingerprint density at radius 3 is 2.33 bits per heavy atom. The SMILES string of the molecule is CC(C)(C)Cc1cc(B(O)O)ccc1F. The van der Waals surface area contributed by atoms with Gasteiger partial charge in [-0.2, -0.15) is 0 Å². The first-order chi connectivity index (χ1) is 6.79. The van der Waals surface area contributed by atoms with E-state index < -0.39 is 7.12 Å². The summed E-state index contributed by atoms with van der Waals surface area (Å²) in [4.78, 5) is 0. The van der Waals surface area contributed by atoms with Gasteiger partial charge >= 0.3 is 7.12 Å². The van der Waals surface area contributed by atoms with Crippen LogP contribution in [0.1, 0.15) is 26.3 Å². The molecule has 15 heavy (non-hydrogen) atoms. The number of benzene rings is 1. The Morgan fingerprint density at radius 1 is 1.27 bits per heavy atom. The normalized spacial score (nSPS) is 11.6. The quantitative estimate of drug-likeness (QED) is 0.717. The van der Waals surface area contributed by atoms with Crippen molar-refractivity contribution in [2.45, 2.75) is 27.2 Å². The summed E-state index contributed by atoms with van der Waals surface area (Å²) in [6, 6.07) is 4.16. The van der Waals surface area contributed by atoms with Crippen molar-refractivity contribution in [1.29, 1.82) is 0 Å². The van der Waals surface area contributed by atoms with Crippen LogP contribution in [0.2, 0.25) is 0 Å². The number of halogens is 1. The Hall–Kier alpha value is -0.865. The summed E-state index contributed by atoms with van der Waals surface area (Å²) in [5.41, 5.74) is 0.823. The Bertz CT molecular complexity index is 345.